The number of nitrogens with one attached hydrogen (secondary N) is 3. The van der Waals surface area contributed by atoms with Crippen LogP contribution in [0, 0.1) is 0 Å². The van der Waals surface area contributed by atoms with Crippen molar-refractivity contribution >= 4 is 29.0 Å². The number of amides is 1. The lowest BCUT2D eigenvalue weighted by Crippen LogP contribution is -2.17. The van der Waals surface area contributed by atoms with Gasteiger partial charge in [0.15, 0.2) is 0 Å². The van der Waals surface area contributed by atoms with E-state index in [1.54, 1.807) is 0 Å². The van der Waals surface area contributed by atoms with E-state index >= 15 is 0 Å². The van der Waals surface area contributed by atoms with Gasteiger partial charge in [0.05, 0.1) is 17.9 Å². The van der Waals surface area contributed by atoms with Crippen LogP contribution < -0.4 is 26.4 Å². The molecule has 0 fully saturated rings. The second-order valence-electron chi connectivity index (χ2n) is 6.07. The topological polar surface area (TPSA) is 114 Å². The van der Waals surface area contributed by atoms with Crippen LogP contribution in [-0.2, 0) is 0 Å². The minimum absolute atomic E-state index is 0.281. The molecule has 0 saturated heterocycles. The molecule has 8 heteroatoms. The van der Waals surface area contributed by atoms with E-state index < -0.39 is 5.91 Å². The third-order valence-electron chi connectivity index (χ3n) is 4.01. The Morgan fingerprint density at radius 3 is 3.12 bits per heavy atom. The Morgan fingerprint density at radius 2 is 2.31 bits per heavy atom. The van der Waals surface area contributed by atoms with E-state index in [-0.39, 0.29) is 5.56 Å². The lowest BCUT2D eigenvalue weighted by molar-refractivity contribution is 0.100. The SMILES string of the molecule is CCCCNc1nc(Nc2ccc3c(c2)NCCCO3)ncc1C(N)=O. The summed E-state index contributed by atoms with van der Waals surface area (Å²) in [5, 5.41) is 9.66. The Balaban J connectivity index is 1.79. The molecule has 0 bridgehead atoms. The number of aromatic nitrogens is 2. The van der Waals surface area contributed by atoms with Crippen LogP contribution in [0.3, 0.4) is 0 Å². The first-order valence-corrected chi connectivity index (χ1v) is 8.86. The standard InChI is InChI=1S/C18H24N6O2/c1-2-3-7-21-17-13(16(19)25)11-22-18(24-17)23-12-5-6-15-14(10-12)20-8-4-9-26-15/h5-6,10-11,20H,2-4,7-9H2,1H3,(H2,19,25)(H2,21,22,23,24). The third kappa shape index (κ3) is 4.33. The largest absolute Gasteiger partial charge is 0.491 e. The van der Waals surface area contributed by atoms with Gasteiger partial charge >= 0.3 is 0 Å². The summed E-state index contributed by atoms with van der Waals surface area (Å²) >= 11 is 0. The van der Waals surface area contributed by atoms with E-state index in [9.17, 15) is 4.79 Å². The summed E-state index contributed by atoms with van der Waals surface area (Å²) in [6, 6.07) is 5.77. The third-order valence-corrected chi connectivity index (χ3v) is 4.01. The number of fused-ring (bicyclic) bond motifs is 1. The van der Waals surface area contributed by atoms with E-state index in [0.717, 1.165) is 42.9 Å². The van der Waals surface area contributed by atoms with Crippen molar-refractivity contribution in [2.45, 2.75) is 26.2 Å². The fraction of sp³-hybridized carbons (Fsp3) is 0.389. The summed E-state index contributed by atoms with van der Waals surface area (Å²) in [6.45, 7) is 4.38. The van der Waals surface area contributed by atoms with Crippen molar-refractivity contribution in [3.63, 3.8) is 0 Å². The highest BCUT2D eigenvalue weighted by molar-refractivity contribution is 5.97. The van der Waals surface area contributed by atoms with E-state index in [1.165, 1.54) is 6.20 Å². The Morgan fingerprint density at radius 1 is 1.42 bits per heavy atom. The van der Waals surface area contributed by atoms with Gasteiger partial charge in [-0.05, 0) is 31.0 Å². The zero-order chi connectivity index (χ0) is 18.4. The summed E-state index contributed by atoms with van der Waals surface area (Å²) in [7, 11) is 0. The van der Waals surface area contributed by atoms with Crippen molar-refractivity contribution in [3.05, 3.63) is 30.0 Å². The van der Waals surface area contributed by atoms with Crippen molar-refractivity contribution < 1.29 is 9.53 Å². The molecule has 2 heterocycles. The van der Waals surface area contributed by atoms with Crippen molar-refractivity contribution in [3.8, 4) is 5.75 Å². The minimum Gasteiger partial charge on any atom is -0.491 e. The van der Waals surface area contributed by atoms with Gasteiger partial charge in [-0.2, -0.15) is 4.98 Å². The van der Waals surface area contributed by atoms with Crippen LogP contribution in [0.5, 0.6) is 5.75 Å². The highest BCUT2D eigenvalue weighted by Crippen LogP contribution is 2.30. The maximum atomic E-state index is 11.6. The van der Waals surface area contributed by atoms with Crippen molar-refractivity contribution in [2.75, 3.05) is 35.6 Å². The maximum Gasteiger partial charge on any atom is 0.254 e. The van der Waals surface area contributed by atoms with Gasteiger partial charge < -0.3 is 26.4 Å². The van der Waals surface area contributed by atoms with Crippen LogP contribution in [0.1, 0.15) is 36.5 Å². The van der Waals surface area contributed by atoms with Gasteiger partial charge in [0.2, 0.25) is 5.95 Å². The minimum atomic E-state index is -0.554. The van der Waals surface area contributed by atoms with Crippen LogP contribution >= 0.6 is 0 Å². The molecule has 5 N–H and O–H groups in total. The molecular weight excluding hydrogens is 332 g/mol. The molecule has 0 unspecified atom stereocenters. The number of nitrogens with zero attached hydrogens (tertiary/aromatic N) is 2. The van der Waals surface area contributed by atoms with Crippen molar-refractivity contribution in [2.24, 2.45) is 5.73 Å². The summed E-state index contributed by atoms with van der Waals surface area (Å²) in [5.74, 6) is 1.12. The molecule has 8 nitrogen and oxygen atoms in total. The Labute approximate surface area is 152 Å². The lowest BCUT2D eigenvalue weighted by atomic mass is 10.2. The zero-order valence-electron chi connectivity index (χ0n) is 14.8. The smallest absolute Gasteiger partial charge is 0.254 e. The van der Waals surface area contributed by atoms with Gasteiger partial charge in [0.1, 0.15) is 11.6 Å². The number of primary amides is 1. The number of rotatable bonds is 7. The number of hydrogen-bond acceptors (Lipinski definition) is 7. The molecule has 1 amide bonds. The van der Waals surface area contributed by atoms with E-state index in [4.69, 9.17) is 10.5 Å². The fourth-order valence-corrected chi connectivity index (χ4v) is 2.62. The predicted molar refractivity (Wildman–Crippen MR) is 102 cm³/mol. The van der Waals surface area contributed by atoms with Gasteiger partial charge in [-0.25, -0.2) is 4.98 Å². The molecule has 1 aromatic heterocycles. The normalized spacial score (nSPS) is 13.0. The lowest BCUT2D eigenvalue weighted by Gasteiger charge is -2.13. The molecule has 2 aromatic rings. The molecule has 0 spiro atoms. The van der Waals surface area contributed by atoms with E-state index in [0.29, 0.717) is 24.9 Å². The molecule has 0 atom stereocenters. The van der Waals surface area contributed by atoms with Crippen LogP contribution in [-0.4, -0.2) is 35.6 Å². The second-order valence-corrected chi connectivity index (χ2v) is 6.07. The van der Waals surface area contributed by atoms with E-state index in [1.807, 2.05) is 18.2 Å². The molecule has 1 aliphatic heterocycles. The molecule has 3 rings (SSSR count). The summed E-state index contributed by atoms with van der Waals surface area (Å²) in [4.78, 5) is 20.2. The number of unbranched alkanes of at least 4 members (excludes halogenated alkanes) is 1. The Hall–Kier alpha value is -3.03. The number of benzene rings is 1. The first-order chi connectivity index (χ1) is 12.7. The molecule has 138 valence electrons. The van der Waals surface area contributed by atoms with Gasteiger partial charge in [-0.1, -0.05) is 13.3 Å². The average molecular weight is 356 g/mol. The first kappa shape index (κ1) is 17.8. The number of carbonyl (C=O) groups is 1. The Kier molecular flexibility index (Phi) is 5.73. The van der Waals surface area contributed by atoms with Gasteiger partial charge in [-0.3, -0.25) is 4.79 Å². The van der Waals surface area contributed by atoms with Crippen LogP contribution in [0.15, 0.2) is 24.4 Å². The number of carbonyl (C=O) groups excluding carboxylic acids is 1. The molecule has 0 saturated carbocycles. The second kappa shape index (κ2) is 8.37. The summed E-state index contributed by atoms with van der Waals surface area (Å²) in [6.07, 6.45) is 4.42. The van der Waals surface area contributed by atoms with Gasteiger partial charge in [0, 0.05) is 25.0 Å². The summed E-state index contributed by atoms with van der Waals surface area (Å²) in [5.41, 5.74) is 7.45. The highest BCUT2D eigenvalue weighted by atomic mass is 16.5. The fourth-order valence-electron chi connectivity index (χ4n) is 2.62. The van der Waals surface area contributed by atoms with Crippen LogP contribution in [0.25, 0.3) is 0 Å². The monoisotopic (exact) mass is 356 g/mol. The number of anilines is 4. The average Bonchev–Trinajstić information content (AvgIpc) is 2.87. The molecule has 0 aliphatic carbocycles. The zero-order valence-corrected chi connectivity index (χ0v) is 14.8. The van der Waals surface area contributed by atoms with Crippen molar-refractivity contribution in [1.29, 1.82) is 0 Å². The molecular formula is C18H24N6O2. The van der Waals surface area contributed by atoms with Gasteiger partial charge in [-0.15, -0.1) is 0 Å². The quantitative estimate of drug-likeness (QED) is 0.564. The number of nitrogens with two attached hydrogens (primary N) is 1. The molecule has 1 aliphatic rings. The molecule has 26 heavy (non-hydrogen) atoms. The number of hydrogen-bond donors (Lipinski definition) is 4. The van der Waals surface area contributed by atoms with Crippen molar-refractivity contribution in [1.82, 2.24) is 9.97 Å². The van der Waals surface area contributed by atoms with Crippen LogP contribution in [0.2, 0.25) is 0 Å². The van der Waals surface area contributed by atoms with Gasteiger partial charge in [0.25, 0.3) is 5.91 Å². The predicted octanol–water partition coefficient (Wildman–Crippen LogP) is 2.73. The number of ether oxygens (including phenoxy) is 1. The molecule has 0 radical (unpaired) electrons. The van der Waals surface area contributed by atoms with Crippen LogP contribution in [0.4, 0.5) is 23.1 Å². The Bertz CT molecular complexity index is 780. The maximum absolute atomic E-state index is 11.6. The molecule has 1 aromatic carbocycles. The van der Waals surface area contributed by atoms with E-state index in [2.05, 4.69) is 32.8 Å². The first-order valence-electron chi connectivity index (χ1n) is 8.86. The summed E-state index contributed by atoms with van der Waals surface area (Å²) < 4.78 is 5.69. The highest BCUT2D eigenvalue weighted by Gasteiger charge is 2.13.